The first-order valence-corrected chi connectivity index (χ1v) is 6.91. The summed E-state index contributed by atoms with van der Waals surface area (Å²) >= 11 is 0. The fourth-order valence-electron chi connectivity index (χ4n) is 2.16. The van der Waals surface area contributed by atoms with Gasteiger partial charge in [0.05, 0.1) is 12.2 Å². The average Bonchev–Trinajstić information content (AvgIpc) is 2.44. The number of carbonyl (C=O) groups is 2. The maximum atomic E-state index is 12.2. The number of ether oxygens (including phenoxy) is 1. The van der Waals surface area contributed by atoms with E-state index in [0.29, 0.717) is 18.7 Å². The van der Waals surface area contributed by atoms with E-state index in [9.17, 15) is 9.59 Å². The number of anilines is 1. The number of rotatable bonds is 5. The average molecular weight is 292 g/mol. The topological polar surface area (TPSA) is 87.7 Å². The number of carbonyl (C=O) groups excluding carboxylic acids is 1. The van der Waals surface area contributed by atoms with Gasteiger partial charge in [-0.1, -0.05) is 12.1 Å². The summed E-state index contributed by atoms with van der Waals surface area (Å²) in [6.07, 6.45) is -0.242. The molecule has 1 aromatic carbocycles. The first-order chi connectivity index (χ1) is 9.87. The largest absolute Gasteiger partial charge is 0.481 e. The molecular weight excluding hydrogens is 272 g/mol. The quantitative estimate of drug-likeness (QED) is 0.767. The van der Waals surface area contributed by atoms with E-state index in [-0.39, 0.29) is 12.3 Å². The Morgan fingerprint density at radius 1 is 1.43 bits per heavy atom. The van der Waals surface area contributed by atoms with Gasteiger partial charge in [-0.3, -0.25) is 9.59 Å². The van der Waals surface area contributed by atoms with Crippen LogP contribution in [0, 0.1) is 0 Å². The summed E-state index contributed by atoms with van der Waals surface area (Å²) in [6, 6.07) is 7.43. The second kappa shape index (κ2) is 6.03. The lowest BCUT2D eigenvalue weighted by molar-refractivity contribution is -0.138. The fraction of sp³-hybridized carbons (Fsp3) is 0.467. The van der Waals surface area contributed by atoms with Crippen LogP contribution in [0.15, 0.2) is 24.3 Å². The lowest BCUT2D eigenvalue weighted by atomic mass is 9.98. The van der Waals surface area contributed by atoms with Crippen molar-refractivity contribution in [3.05, 3.63) is 24.3 Å². The molecule has 2 rings (SSSR count). The maximum Gasteiger partial charge on any atom is 0.303 e. The van der Waals surface area contributed by atoms with Gasteiger partial charge in [0.15, 0.2) is 6.10 Å². The van der Waals surface area contributed by atoms with Gasteiger partial charge < -0.3 is 20.5 Å². The van der Waals surface area contributed by atoms with E-state index in [1.54, 1.807) is 19.9 Å². The van der Waals surface area contributed by atoms with Crippen LogP contribution in [0.25, 0.3) is 0 Å². The van der Waals surface area contributed by atoms with Crippen molar-refractivity contribution in [2.75, 3.05) is 11.9 Å². The van der Waals surface area contributed by atoms with E-state index in [1.165, 1.54) is 0 Å². The highest BCUT2D eigenvalue weighted by molar-refractivity contribution is 5.83. The zero-order chi connectivity index (χ0) is 15.5. The van der Waals surface area contributed by atoms with Crippen molar-refractivity contribution in [2.24, 2.45) is 0 Å². The molecule has 6 nitrogen and oxygen atoms in total. The van der Waals surface area contributed by atoms with Gasteiger partial charge in [0, 0.05) is 12.0 Å². The van der Waals surface area contributed by atoms with Crippen LogP contribution in [0.3, 0.4) is 0 Å². The summed E-state index contributed by atoms with van der Waals surface area (Å²) in [5.41, 5.74) is 0.280. The van der Waals surface area contributed by atoms with Crippen molar-refractivity contribution in [2.45, 2.75) is 38.3 Å². The van der Waals surface area contributed by atoms with Crippen LogP contribution in [0.5, 0.6) is 5.75 Å². The molecule has 1 unspecified atom stereocenters. The SMILES string of the molecule is CC(C)(CCC(=O)O)NC(=O)C1CNc2ccccc2O1. The number of hydrogen-bond donors (Lipinski definition) is 3. The second-order valence-corrected chi connectivity index (χ2v) is 5.75. The summed E-state index contributed by atoms with van der Waals surface area (Å²) in [4.78, 5) is 22.9. The van der Waals surface area contributed by atoms with Crippen molar-refractivity contribution < 1.29 is 19.4 Å². The fourth-order valence-corrected chi connectivity index (χ4v) is 2.16. The van der Waals surface area contributed by atoms with Gasteiger partial charge in [0.1, 0.15) is 5.75 Å². The number of carboxylic acid groups (broad SMARTS) is 1. The minimum atomic E-state index is -0.873. The van der Waals surface area contributed by atoms with E-state index < -0.39 is 17.6 Å². The summed E-state index contributed by atoms with van der Waals surface area (Å²) in [5.74, 6) is -0.471. The van der Waals surface area contributed by atoms with Gasteiger partial charge in [0.2, 0.25) is 0 Å². The predicted octanol–water partition coefficient (Wildman–Crippen LogP) is 1.62. The highest BCUT2D eigenvalue weighted by Crippen LogP contribution is 2.28. The molecule has 1 heterocycles. The molecular formula is C15H20N2O4. The predicted molar refractivity (Wildman–Crippen MR) is 78.4 cm³/mol. The minimum absolute atomic E-state index is 0.0138. The molecule has 0 bridgehead atoms. The highest BCUT2D eigenvalue weighted by atomic mass is 16.5. The molecule has 1 aliphatic rings. The van der Waals surface area contributed by atoms with Crippen molar-refractivity contribution >= 4 is 17.6 Å². The van der Waals surface area contributed by atoms with Crippen molar-refractivity contribution in [1.82, 2.24) is 5.32 Å². The molecule has 0 spiro atoms. The Hall–Kier alpha value is -2.24. The molecule has 114 valence electrons. The highest BCUT2D eigenvalue weighted by Gasteiger charge is 2.30. The Labute approximate surface area is 123 Å². The Morgan fingerprint density at radius 3 is 2.86 bits per heavy atom. The molecule has 0 aliphatic carbocycles. The number of fused-ring (bicyclic) bond motifs is 1. The number of para-hydroxylation sites is 2. The van der Waals surface area contributed by atoms with E-state index in [0.717, 1.165) is 5.69 Å². The van der Waals surface area contributed by atoms with Gasteiger partial charge in [0.25, 0.3) is 5.91 Å². The Kier molecular flexibility index (Phi) is 4.35. The molecule has 3 N–H and O–H groups in total. The van der Waals surface area contributed by atoms with E-state index in [2.05, 4.69) is 10.6 Å². The van der Waals surface area contributed by atoms with Crippen molar-refractivity contribution in [3.8, 4) is 5.75 Å². The molecule has 0 fully saturated rings. The van der Waals surface area contributed by atoms with Crippen molar-refractivity contribution in [3.63, 3.8) is 0 Å². The zero-order valence-corrected chi connectivity index (χ0v) is 12.2. The standard InChI is InChI=1S/C15H20N2O4/c1-15(2,8-7-13(18)19)17-14(20)12-9-16-10-5-3-4-6-11(10)21-12/h3-6,12,16H,7-9H2,1-2H3,(H,17,20)(H,18,19). The number of benzene rings is 1. The molecule has 21 heavy (non-hydrogen) atoms. The lowest BCUT2D eigenvalue weighted by Gasteiger charge is -2.31. The molecule has 0 radical (unpaired) electrons. The second-order valence-electron chi connectivity index (χ2n) is 5.75. The van der Waals surface area contributed by atoms with Gasteiger partial charge in [-0.05, 0) is 32.4 Å². The van der Waals surface area contributed by atoms with Crippen LogP contribution in [-0.2, 0) is 9.59 Å². The summed E-state index contributed by atoms with van der Waals surface area (Å²) in [5, 5.41) is 14.7. The van der Waals surface area contributed by atoms with Crippen LogP contribution >= 0.6 is 0 Å². The van der Waals surface area contributed by atoms with Crippen LogP contribution in [-0.4, -0.2) is 35.2 Å². The summed E-state index contributed by atoms with van der Waals surface area (Å²) in [6.45, 7) is 3.99. The van der Waals surface area contributed by atoms with Gasteiger partial charge >= 0.3 is 5.97 Å². The summed E-state index contributed by atoms with van der Waals surface area (Å²) in [7, 11) is 0. The normalized spacial score (nSPS) is 17.1. The number of aliphatic carboxylic acids is 1. The van der Waals surface area contributed by atoms with Crippen LogP contribution in [0.2, 0.25) is 0 Å². The Bertz CT molecular complexity index is 542. The zero-order valence-electron chi connectivity index (χ0n) is 12.2. The third kappa shape index (κ3) is 4.11. The molecule has 1 aliphatic heterocycles. The van der Waals surface area contributed by atoms with E-state index in [1.807, 2.05) is 18.2 Å². The monoisotopic (exact) mass is 292 g/mol. The van der Waals surface area contributed by atoms with Crippen LogP contribution < -0.4 is 15.4 Å². The van der Waals surface area contributed by atoms with Crippen LogP contribution in [0.4, 0.5) is 5.69 Å². The van der Waals surface area contributed by atoms with E-state index >= 15 is 0 Å². The number of carboxylic acids is 1. The maximum absolute atomic E-state index is 12.2. The molecule has 0 saturated carbocycles. The number of nitrogens with one attached hydrogen (secondary N) is 2. The molecule has 0 saturated heterocycles. The van der Waals surface area contributed by atoms with E-state index in [4.69, 9.17) is 9.84 Å². The summed E-state index contributed by atoms with van der Waals surface area (Å²) < 4.78 is 5.67. The Morgan fingerprint density at radius 2 is 2.14 bits per heavy atom. The lowest BCUT2D eigenvalue weighted by Crippen LogP contribution is -2.52. The third-order valence-corrected chi connectivity index (χ3v) is 3.35. The van der Waals surface area contributed by atoms with Gasteiger partial charge in [-0.15, -0.1) is 0 Å². The molecule has 1 atom stereocenters. The molecule has 0 aromatic heterocycles. The van der Waals surface area contributed by atoms with Crippen LogP contribution in [0.1, 0.15) is 26.7 Å². The van der Waals surface area contributed by atoms with Gasteiger partial charge in [-0.2, -0.15) is 0 Å². The number of hydrogen-bond acceptors (Lipinski definition) is 4. The first kappa shape index (κ1) is 15.2. The smallest absolute Gasteiger partial charge is 0.303 e. The minimum Gasteiger partial charge on any atom is -0.481 e. The van der Waals surface area contributed by atoms with Crippen molar-refractivity contribution in [1.29, 1.82) is 0 Å². The third-order valence-electron chi connectivity index (χ3n) is 3.35. The molecule has 1 aromatic rings. The van der Waals surface area contributed by atoms with Gasteiger partial charge in [-0.25, -0.2) is 0 Å². The molecule has 6 heteroatoms. The number of amides is 1. The molecule has 1 amide bonds. The Balaban J connectivity index is 1.94. The first-order valence-electron chi connectivity index (χ1n) is 6.91.